The molecule has 0 aliphatic carbocycles. The number of carbonyl (C=O) groups is 1. The van der Waals surface area contributed by atoms with Crippen molar-refractivity contribution in [2.45, 2.75) is 19.4 Å². The summed E-state index contributed by atoms with van der Waals surface area (Å²) in [6.07, 6.45) is 0.999. The minimum Gasteiger partial charge on any atom is -0.444 e. The van der Waals surface area contributed by atoms with Crippen LogP contribution in [-0.4, -0.2) is 26.8 Å². The predicted molar refractivity (Wildman–Crippen MR) is 97.1 cm³/mol. The highest BCUT2D eigenvalue weighted by molar-refractivity contribution is 7.92. The Morgan fingerprint density at radius 3 is 2.44 bits per heavy atom. The van der Waals surface area contributed by atoms with Gasteiger partial charge in [0, 0.05) is 12.2 Å². The highest BCUT2D eigenvalue weighted by Gasteiger charge is 2.25. The topological polar surface area (TPSA) is 75.7 Å². The normalized spacial score (nSPS) is 16.2. The van der Waals surface area contributed by atoms with E-state index in [0.717, 1.165) is 12.0 Å². The van der Waals surface area contributed by atoms with Crippen LogP contribution in [0, 0.1) is 0 Å². The van der Waals surface area contributed by atoms with Crippen molar-refractivity contribution >= 4 is 27.5 Å². The predicted octanol–water partition coefficient (Wildman–Crippen LogP) is 3.37. The first kappa shape index (κ1) is 17.3. The Bertz CT molecular complexity index is 820. The van der Waals surface area contributed by atoms with Gasteiger partial charge >= 0.3 is 6.09 Å². The van der Waals surface area contributed by atoms with Gasteiger partial charge in [-0.3, -0.25) is 9.62 Å². The first-order chi connectivity index (χ1) is 12.0. The molecule has 25 heavy (non-hydrogen) atoms. The molecule has 0 radical (unpaired) electrons. The third-order valence-electron chi connectivity index (χ3n) is 3.96. The quantitative estimate of drug-likeness (QED) is 0.907. The fraction of sp³-hybridized carbons (Fsp3) is 0.278. The second-order valence-electron chi connectivity index (χ2n) is 5.83. The lowest BCUT2D eigenvalue weighted by Crippen LogP contribution is -2.37. The Morgan fingerprint density at radius 1 is 1.04 bits per heavy atom. The van der Waals surface area contributed by atoms with Gasteiger partial charge in [0.15, 0.2) is 0 Å². The number of amides is 1. The monoisotopic (exact) mass is 360 g/mol. The Kier molecular flexibility index (Phi) is 5.23. The smallest absolute Gasteiger partial charge is 0.411 e. The van der Waals surface area contributed by atoms with Crippen molar-refractivity contribution in [3.8, 4) is 0 Å². The highest BCUT2D eigenvalue weighted by atomic mass is 32.2. The summed E-state index contributed by atoms with van der Waals surface area (Å²) in [7, 11) is -3.23. The second-order valence-corrected chi connectivity index (χ2v) is 7.84. The molecule has 1 aliphatic rings. The molecule has 0 atom stereocenters. The molecule has 0 saturated carbocycles. The molecule has 0 bridgehead atoms. The number of carbonyl (C=O) groups excluding carboxylic acids is 1. The summed E-state index contributed by atoms with van der Waals surface area (Å²) in [6, 6.07) is 16.1. The van der Waals surface area contributed by atoms with E-state index < -0.39 is 16.1 Å². The van der Waals surface area contributed by atoms with Crippen molar-refractivity contribution in [3.05, 3.63) is 60.2 Å². The number of sulfonamides is 1. The van der Waals surface area contributed by atoms with Crippen LogP contribution in [0.25, 0.3) is 0 Å². The van der Waals surface area contributed by atoms with Crippen LogP contribution >= 0.6 is 0 Å². The molecule has 0 spiro atoms. The van der Waals surface area contributed by atoms with Crippen LogP contribution in [-0.2, 0) is 21.4 Å². The minimum atomic E-state index is -3.23. The first-order valence-corrected chi connectivity index (χ1v) is 9.74. The molecular weight excluding hydrogens is 340 g/mol. The average Bonchev–Trinajstić information content (AvgIpc) is 2.61. The molecule has 7 heteroatoms. The van der Waals surface area contributed by atoms with Crippen molar-refractivity contribution in [2.75, 3.05) is 21.9 Å². The van der Waals surface area contributed by atoms with Crippen molar-refractivity contribution in [1.82, 2.24) is 0 Å². The number of nitrogens with one attached hydrogen (secondary N) is 1. The molecule has 6 nitrogen and oxygen atoms in total. The van der Waals surface area contributed by atoms with Gasteiger partial charge in [-0.2, -0.15) is 0 Å². The van der Waals surface area contributed by atoms with Crippen LogP contribution in [0.4, 0.5) is 16.2 Å². The molecule has 0 aromatic heterocycles. The fourth-order valence-electron chi connectivity index (χ4n) is 2.67. The summed E-state index contributed by atoms with van der Waals surface area (Å²) in [5.41, 5.74) is 2.07. The molecule has 1 saturated heterocycles. The molecule has 1 aliphatic heterocycles. The maximum absolute atomic E-state index is 12.1. The molecule has 1 N–H and O–H groups in total. The van der Waals surface area contributed by atoms with Crippen LogP contribution in [0.3, 0.4) is 0 Å². The third-order valence-corrected chi connectivity index (χ3v) is 5.83. The van der Waals surface area contributed by atoms with Gasteiger partial charge in [-0.15, -0.1) is 0 Å². The SMILES string of the molecule is O=C(Nc1ccc(N2CCCCS2(=O)=O)cc1)OCc1ccccc1. The van der Waals surface area contributed by atoms with Gasteiger partial charge in [0.1, 0.15) is 6.61 Å². The van der Waals surface area contributed by atoms with Gasteiger partial charge in [0.05, 0.1) is 11.4 Å². The summed E-state index contributed by atoms with van der Waals surface area (Å²) in [5, 5.41) is 2.63. The minimum absolute atomic E-state index is 0.179. The molecule has 2 aromatic rings. The number of hydrogen-bond acceptors (Lipinski definition) is 4. The summed E-state index contributed by atoms with van der Waals surface area (Å²) in [6.45, 7) is 0.686. The van der Waals surface area contributed by atoms with E-state index in [-0.39, 0.29) is 12.4 Å². The van der Waals surface area contributed by atoms with E-state index in [1.54, 1.807) is 24.3 Å². The Labute approximate surface area is 147 Å². The summed E-state index contributed by atoms with van der Waals surface area (Å²) >= 11 is 0. The zero-order valence-electron chi connectivity index (χ0n) is 13.7. The molecule has 132 valence electrons. The van der Waals surface area contributed by atoms with Gasteiger partial charge in [-0.1, -0.05) is 30.3 Å². The van der Waals surface area contributed by atoms with Crippen LogP contribution in [0.15, 0.2) is 54.6 Å². The number of benzene rings is 2. The third kappa shape index (κ3) is 4.51. The van der Waals surface area contributed by atoms with Gasteiger partial charge in [-0.05, 0) is 42.7 Å². The molecule has 0 unspecified atom stereocenters. The second kappa shape index (κ2) is 7.57. The van der Waals surface area contributed by atoms with Gasteiger partial charge < -0.3 is 4.74 Å². The molecule has 1 amide bonds. The maximum Gasteiger partial charge on any atom is 0.411 e. The van der Waals surface area contributed by atoms with Gasteiger partial charge in [0.25, 0.3) is 0 Å². The van der Waals surface area contributed by atoms with Crippen LogP contribution in [0.2, 0.25) is 0 Å². The average molecular weight is 360 g/mol. The Balaban J connectivity index is 1.58. The van der Waals surface area contributed by atoms with Crippen LogP contribution in [0.1, 0.15) is 18.4 Å². The van der Waals surface area contributed by atoms with E-state index in [1.807, 2.05) is 30.3 Å². The van der Waals surface area contributed by atoms with E-state index in [0.29, 0.717) is 24.3 Å². The van der Waals surface area contributed by atoms with Crippen LogP contribution < -0.4 is 9.62 Å². The lowest BCUT2D eigenvalue weighted by molar-refractivity contribution is 0.155. The Morgan fingerprint density at radius 2 is 1.76 bits per heavy atom. The molecule has 1 fully saturated rings. The zero-order valence-corrected chi connectivity index (χ0v) is 14.5. The van der Waals surface area contributed by atoms with E-state index >= 15 is 0 Å². The standard InChI is InChI=1S/C18H20N2O4S/c21-18(24-14-15-6-2-1-3-7-15)19-16-8-10-17(11-9-16)20-12-4-5-13-25(20,22)23/h1-3,6-11H,4-5,12-14H2,(H,19,21). The van der Waals surface area contributed by atoms with Gasteiger partial charge in [0.2, 0.25) is 10.0 Å². The van der Waals surface area contributed by atoms with Crippen molar-refractivity contribution in [1.29, 1.82) is 0 Å². The first-order valence-electron chi connectivity index (χ1n) is 8.13. The van der Waals surface area contributed by atoms with Gasteiger partial charge in [-0.25, -0.2) is 13.2 Å². The number of nitrogens with zero attached hydrogens (tertiary/aromatic N) is 1. The summed E-state index contributed by atoms with van der Waals surface area (Å²) in [4.78, 5) is 11.8. The number of anilines is 2. The van der Waals surface area contributed by atoms with Crippen molar-refractivity contribution < 1.29 is 17.9 Å². The van der Waals surface area contributed by atoms with Crippen molar-refractivity contribution in [3.63, 3.8) is 0 Å². The van der Waals surface area contributed by atoms with Crippen LogP contribution in [0.5, 0.6) is 0 Å². The van der Waals surface area contributed by atoms with E-state index in [2.05, 4.69) is 5.32 Å². The largest absolute Gasteiger partial charge is 0.444 e. The molecule has 1 heterocycles. The zero-order chi connectivity index (χ0) is 17.7. The Hall–Kier alpha value is -2.54. The van der Waals surface area contributed by atoms with E-state index in [9.17, 15) is 13.2 Å². The number of ether oxygens (including phenoxy) is 1. The number of rotatable bonds is 4. The lowest BCUT2D eigenvalue weighted by Gasteiger charge is -2.28. The maximum atomic E-state index is 12.1. The molecule has 2 aromatic carbocycles. The van der Waals surface area contributed by atoms with E-state index in [4.69, 9.17) is 4.74 Å². The van der Waals surface area contributed by atoms with E-state index in [1.165, 1.54) is 4.31 Å². The fourth-order valence-corrected chi connectivity index (χ4v) is 4.31. The highest BCUT2D eigenvalue weighted by Crippen LogP contribution is 2.25. The lowest BCUT2D eigenvalue weighted by atomic mass is 10.2. The van der Waals surface area contributed by atoms with Crippen molar-refractivity contribution in [2.24, 2.45) is 0 Å². The summed E-state index contributed by atoms with van der Waals surface area (Å²) in [5.74, 6) is 0.179. The molecular formula is C18H20N2O4S. The summed E-state index contributed by atoms with van der Waals surface area (Å²) < 4.78 is 30.8. The number of hydrogen-bond donors (Lipinski definition) is 1. The molecule has 3 rings (SSSR count).